The number of hydrogen-bond donors (Lipinski definition) is 1. The third kappa shape index (κ3) is 10.9. The van der Waals surface area contributed by atoms with Gasteiger partial charge in [-0.15, -0.1) is 24.0 Å². The van der Waals surface area contributed by atoms with Crippen molar-refractivity contribution in [2.75, 3.05) is 72.7 Å². The standard InChI is InChI=1S/C19H40N4O2.HI/c1-5-20-19(21-11-8-9-12-22(6-2)7-3)23-13-10-18(16-23)17-25-15-14-24-4;/h18H,5-17H2,1-4H3,(H,20,21);1H. The lowest BCUT2D eigenvalue weighted by Gasteiger charge is -2.22. The van der Waals surface area contributed by atoms with Crippen molar-refractivity contribution in [1.82, 2.24) is 15.1 Å². The monoisotopic (exact) mass is 484 g/mol. The van der Waals surface area contributed by atoms with Gasteiger partial charge in [-0.25, -0.2) is 0 Å². The highest BCUT2D eigenvalue weighted by molar-refractivity contribution is 14.0. The zero-order valence-corrected chi connectivity index (χ0v) is 19.7. The lowest BCUT2D eigenvalue weighted by molar-refractivity contribution is 0.0536. The molecule has 1 N–H and O–H groups in total. The number of rotatable bonds is 13. The Balaban J connectivity index is 0.00000625. The summed E-state index contributed by atoms with van der Waals surface area (Å²) in [4.78, 5) is 9.70. The lowest BCUT2D eigenvalue weighted by atomic mass is 10.1. The summed E-state index contributed by atoms with van der Waals surface area (Å²) >= 11 is 0. The van der Waals surface area contributed by atoms with Gasteiger partial charge in [0.2, 0.25) is 0 Å². The number of likely N-dealkylation sites (tertiary alicyclic amines) is 1. The first-order valence-electron chi connectivity index (χ1n) is 10.1. The molecule has 0 spiro atoms. The molecule has 0 aromatic rings. The van der Waals surface area contributed by atoms with Crippen LogP contribution < -0.4 is 5.32 Å². The van der Waals surface area contributed by atoms with Gasteiger partial charge in [0.1, 0.15) is 0 Å². The van der Waals surface area contributed by atoms with Crippen molar-refractivity contribution in [2.45, 2.75) is 40.0 Å². The molecule has 1 unspecified atom stereocenters. The van der Waals surface area contributed by atoms with E-state index in [2.05, 4.69) is 35.9 Å². The number of hydrogen-bond acceptors (Lipinski definition) is 4. The predicted octanol–water partition coefficient (Wildman–Crippen LogP) is 2.68. The summed E-state index contributed by atoms with van der Waals surface area (Å²) in [6.45, 7) is 16.2. The molecule has 1 heterocycles. The number of halogens is 1. The van der Waals surface area contributed by atoms with Crippen LogP contribution in [0.3, 0.4) is 0 Å². The van der Waals surface area contributed by atoms with E-state index >= 15 is 0 Å². The molecule has 0 aromatic heterocycles. The maximum atomic E-state index is 5.69. The third-order valence-electron chi connectivity index (χ3n) is 4.74. The van der Waals surface area contributed by atoms with Crippen LogP contribution in [0.1, 0.15) is 40.0 Å². The van der Waals surface area contributed by atoms with E-state index in [1.54, 1.807) is 7.11 Å². The van der Waals surface area contributed by atoms with Crippen LogP contribution in [0, 0.1) is 5.92 Å². The SMILES string of the molecule is CCNC(=NCCCCN(CC)CC)N1CCC(COCCOC)C1.I. The summed E-state index contributed by atoms with van der Waals surface area (Å²) in [6, 6.07) is 0. The number of nitrogens with zero attached hydrogens (tertiary/aromatic N) is 3. The molecule has 26 heavy (non-hydrogen) atoms. The average Bonchev–Trinajstić information content (AvgIpc) is 3.09. The normalized spacial score (nSPS) is 17.7. The van der Waals surface area contributed by atoms with Crippen LogP contribution in [0.2, 0.25) is 0 Å². The number of guanidine groups is 1. The number of aliphatic imine (C=N–C) groups is 1. The third-order valence-corrected chi connectivity index (χ3v) is 4.74. The Morgan fingerprint density at radius 3 is 2.62 bits per heavy atom. The van der Waals surface area contributed by atoms with Gasteiger partial charge < -0.3 is 24.6 Å². The number of ether oxygens (including phenoxy) is 2. The van der Waals surface area contributed by atoms with Crippen LogP contribution in [0.15, 0.2) is 4.99 Å². The number of nitrogens with one attached hydrogen (secondary N) is 1. The quantitative estimate of drug-likeness (QED) is 0.189. The zero-order chi connectivity index (χ0) is 18.3. The Morgan fingerprint density at radius 1 is 1.19 bits per heavy atom. The molecule has 1 aliphatic rings. The van der Waals surface area contributed by atoms with E-state index in [-0.39, 0.29) is 24.0 Å². The molecule has 1 aliphatic heterocycles. The van der Waals surface area contributed by atoms with Crippen LogP contribution in [0.25, 0.3) is 0 Å². The van der Waals surface area contributed by atoms with Gasteiger partial charge in [-0.2, -0.15) is 0 Å². The van der Waals surface area contributed by atoms with E-state index in [0.717, 1.165) is 58.3 Å². The van der Waals surface area contributed by atoms with E-state index in [1.807, 2.05) is 0 Å². The summed E-state index contributed by atoms with van der Waals surface area (Å²) in [5, 5.41) is 3.45. The highest BCUT2D eigenvalue weighted by Crippen LogP contribution is 2.16. The van der Waals surface area contributed by atoms with Gasteiger partial charge in [-0.1, -0.05) is 13.8 Å². The van der Waals surface area contributed by atoms with Crippen LogP contribution in [0.5, 0.6) is 0 Å². The van der Waals surface area contributed by atoms with Crippen molar-refractivity contribution in [3.05, 3.63) is 0 Å². The van der Waals surface area contributed by atoms with Crippen molar-refractivity contribution in [3.63, 3.8) is 0 Å². The fourth-order valence-electron chi connectivity index (χ4n) is 3.15. The minimum Gasteiger partial charge on any atom is -0.382 e. The van der Waals surface area contributed by atoms with E-state index in [4.69, 9.17) is 14.5 Å². The summed E-state index contributed by atoms with van der Waals surface area (Å²) in [6.07, 6.45) is 3.56. The van der Waals surface area contributed by atoms with Gasteiger partial charge in [0, 0.05) is 39.2 Å². The molecule has 1 atom stereocenters. The molecule has 0 saturated carbocycles. The molecule has 0 amide bonds. The van der Waals surface area contributed by atoms with Crippen LogP contribution in [-0.4, -0.2) is 88.5 Å². The first-order valence-corrected chi connectivity index (χ1v) is 10.1. The molecule has 7 heteroatoms. The van der Waals surface area contributed by atoms with E-state index in [1.165, 1.54) is 19.4 Å². The fourth-order valence-corrected chi connectivity index (χ4v) is 3.15. The first kappa shape index (κ1) is 25.9. The van der Waals surface area contributed by atoms with Gasteiger partial charge in [-0.3, -0.25) is 4.99 Å². The van der Waals surface area contributed by atoms with Gasteiger partial charge in [0.25, 0.3) is 0 Å². The minimum atomic E-state index is 0. The van der Waals surface area contributed by atoms with Crippen molar-refractivity contribution >= 4 is 29.9 Å². The highest BCUT2D eigenvalue weighted by Gasteiger charge is 2.24. The van der Waals surface area contributed by atoms with Gasteiger partial charge >= 0.3 is 0 Å². The van der Waals surface area contributed by atoms with Gasteiger partial charge in [0.05, 0.1) is 19.8 Å². The summed E-state index contributed by atoms with van der Waals surface area (Å²) in [5.41, 5.74) is 0. The van der Waals surface area contributed by atoms with Crippen molar-refractivity contribution in [2.24, 2.45) is 10.9 Å². The Hall–Kier alpha value is -0.120. The van der Waals surface area contributed by atoms with E-state index < -0.39 is 0 Å². The molecule has 0 bridgehead atoms. The molecule has 6 nitrogen and oxygen atoms in total. The Labute approximate surface area is 178 Å². The summed E-state index contributed by atoms with van der Waals surface area (Å²) in [7, 11) is 1.71. The molecule has 156 valence electrons. The number of unbranched alkanes of at least 4 members (excludes halogenated alkanes) is 1. The number of methoxy groups -OCH3 is 1. The van der Waals surface area contributed by atoms with Crippen molar-refractivity contribution in [1.29, 1.82) is 0 Å². The Kier molecular flexibility index (Phi) is 16.9. The lowest BCUT2D eigenvalue weighted by Crippen LogP contribution is -2.40. The predicted molar refractivity (Wildman–Crippen MR) is 121 cm³/mol. The minimum absolute atomic E-state index is 0. The molecular weight excluding hydrogens is 443 g/mol. The molecular formula is C19H41IN4O2. The Bertz CT molecular complexity index is 354. The Morgan fingerprint density at radius 2 is 1.96 bits per heavy atom. The van der Waals surface area contributed by atoms with Gasteiger partial charge in [0.15, 0.2) is 5.96 Å². The maximum Gasteiger partial charge on any atom is 0.193 e. The second-order valence-corrected chi connectivity index (χ2v) is 6.64. The topological polar surface area (TPSA) is 49.3 Å². The fraction of sp³-hybridized carbons (Fsp3) is 0.947. The summed E-state index contributed by atoms with van der Waals surface area (Å²) in [5.74, 6) is 1.67. The van der Waals surface area contributed by atoms with Crippen molar-refractivity contribution < 1.29 is 9.47 Å². The summed E-state index contributed by atoms with van der Waals surface area (Å²) < 4.78 is 10.7. The van der Waals surface area contributed by atoms with Crippen LogP contribution in [-0.2, 0) is 9.47 Å². The molecule has 0 aromatic carbocycles. The largest absolute Gasteiger partial charge is 0.382 e. The molecule has 1 fully saturated rings. The highest BCUT2D eigenvalue weighted by atomic mass is 127. The smallest absolute Gasteiger partial charge is 0.193 e. The van der Waals surface area contributed by atoms with Crippen molar-refractivity contribution in [3.8, 4) is 0 Å². The van der Waals surface area contributed by atoms with E-state index in [9.17, 15) is 0 Å². The molecule has 0 radical (unpaired) electrons. The molecule has 1 saturated heterocycles. The average molecular weight is 484 g/mol. The van der Waals surface area contributed by atoms with Crippen LogP contribution >= 0.6 is 24.0 Å². The second-order valence-electron chi connectivity index (χ2n) is 6.64. The second kappa shape index (κ2) is 17.0. The zero-order valence-electron chi connectivity index (χ0n) is 17.3. The molecule has 0 aliphatic carbocycles. The molecule has 1 rings (SSSR count). The first-order chi connectivity index (χ1) is 12.2. The maximum absolute atomic E-state index is 5.69. The van der Waals surface area contributed by atoms with Crippen LogP contribution in [0.4, 0.5) is 0 Å². The van der Waals surface area contributed by atoms with Gasteiger partial charge in [-0.05, 0) is 45.8 Å². The van der Waals surface area contributed by atoms with E-state index in [0.29, 0.717) is 19.1 Å².